The maximum atomic E-state index is 13.6. The van der Waals surface area contributed by atoms with Crippen LogP contribution in [0.1, 0.15) is 33.2 Å². The highest BCUT2D eigenvalue weighted by Gasteiger charge is 2.30. The Labute approximate surface area is 172 Å². The number of hydrogen-bond donors (Lipinski definition) is 2. The van der Waals surface area contributed by atoms with E-state index in [0.717, 1.165) is 22.2 Å². The number of rotatable bonds is 5. The van der Waals surface area contributed by atoms with E-state index in [1.165, 1.54) is 10.7 Å². The third-order valence-corrected chi connectivity index (χ3v) is 5.39. The SMILES string of the molecule is COc1ccc2[nH]c(C)c(C(C(=O)c3ccc(Cl)cc3)c3cc(=O)n(C)[nH]3)c2c1. The van der Waals surface area contributed by atoms with Gasteiger partial charge >= 0.3 is 0 Å². The smallest absolute Gasteiger partial charge is 0.266 e. The average Bonchev–Trinajstić information content (AvgIpc) is 3.21. The summed E-state index contributed by atoms with van der Waals surface area (Å²) in [5, 5.41) is 4.46. The molecule has 2 aromatic carbocycles. The molecule has 2 aromatic heterocycles. The number of Topliss-reactive ketones (excluding diaryl/α,β-unsaturated/α-hetero) is 1. The van der Waals surface area contributed by atoms with Gasteiger partial charge in [0.1, 0.15) is 5.75 Å². The van der Waals surface area contributed by atoms with E-state index >= 15 is 0 Å². The van der Waals surface area contributed by atoms with E-state index in [-0.39, 0.29) is 11.3 Å². The summed E-state index contributed by atoms with van der Waals surface area (Å²) in [5.74, 6) is -0.127. The zero-order valence-electron chi connectivity index (χ0n) is 16.2. The molecule has 0 amide bonds. The maximum absolute atomic E-state index is 13.6. The van der Waals surface area contributed by atoms with Crippen LogP contribution in [0.2, 0.25) is 5.02 Å². The van der Waals surface area contributed by atoms with E-state index in [0.29, 0.717) is 22.0 Å². The molecule has 0 saturated heterocycles. The number of nitrogens with one attached hydrogen (secondary N) is 2. The highest BCUT2D eigenvalue weighted by molar-refractivity contribution is 6.30. The third kappa shape index (κ3) is 3.36. The largest absolute Gasteiger partial charge is 0.497 e. The molecule has 6 nitrogen and oxygen atoms in total. The number of benzene rings is 2. The van der Waals surface area contributed by atoms with Crippen LogP contribution in [0.25, 0.3) is 10.9 Å². The van der Waals surface area contributed by atoms with Crippen molar-refractivity contribution in [3.63, 3.8) is 0 Å². The van der Waals surface area contributed by atoms with Crippen LogP contribution >= 0.6 is 11.6 Å². The topological polar surface area (TPSA) is 79.9 Å². The average molecular weight is 410 g/mol. The fraction of sp³-hybridized carbons (Fsp3) is 0.182. The van der Waals surface area contributed by atoms with Gasteiger partial charge in [-0.25, -0.2) is 0 Å². The number of methoxy groups -OCH3 is 1. The first-order valence-electron chi connectivity index (χ1n) is 9.11. The fourth-order valence-electron chi connectivity index (χ4n) is 3.69. The molecule has 2 N–H and O–H groups in total. The zero-order valence-corrected chi connectivity index (χ0v) is 17.0. The van der Waals surface area contributed by atoms with Crippen molar-refractivity contribution in [2.75, 3.05) is 7.11 Å². The van der Waals surface area contributed by atoms with Crippen LogP contribution in [0.3, 0.4) is 0 Å². The van der Waals surface area contributed by atoms with E-state index in [1.54, 1.807) is 38.4 Å². The highest BCUT2D eigenvalue weighted by Crippen LogP contribution is 2.36. The molecule has 0 aliphatic rings. The van der Waals surface area contributed by atoms with Gasteiger partial charge in [-0.15, -0.1) is 0 Å². The molecule has 1 atom stereocenters. The van der Waals surface area contributed by atoms with E-state index in [4.69, 9.17) is 16.3 Å². The fourth-order valence-corrected chi connectivity index (χ4v) is 3.82. The van der Waals surface area contributed by atoms with Gasteiger partial charge in [0.05, 0.1) is 18.7 Å². The summed E-state index contributed by atoms with van der Waals surface area (Å²) < 4.78 is 6.74. The van der Waals surface area contributed by atoms with Crippen molar-refractivity contribution in [3.05, 3.63) is 86.4 Å². The Morgan fingerprint density at radius 2 is 1.86 bits per heavy atom. The summed E-state index contributed by atoms with van der Waals surface area (Å²) in [6.45, 7) is 1.92. The Bertz CT molecular complexity index is 1260. The molecule has 1 unspecified atom stereocenters. The van der Waals surface area contributed by atoms with Crippen molar-refractivity contribution in [3.8, 4) is 5.75 Å². The minimum Gasteiger partial charge on any atom is -0.497 e. The highest BCUT2D eigenvalue weighted by atomic mass is 35.5. The van der Waals surface area contributed by atoms with Gasteiger partial charge in [-0.3, -0.25) is 19.4 Å². The second-order valence-corrected chi connectivity index (χ2v) is 7.42. The molecule has 4 rings (SSSR count). The van der Waals surface area contributed by atoms with E-state index in [9.17, 15) is 9.59 Å². The summed E-state index contributed by atoms with van der Waals surface area (Å²) in [6, 6.07) is 13.9. The Hall–Kier alpha value is -3.25. The van der Waals surface area contributed by atoms with Crippen molar-refractivity contribution < 1.29 is 9.53 Å². The summed E-state index contributed by atoms with van der Waals surface area (Å²) in [4.78, 5) is 29.1. The number of nitrogens with zero attached hydrogens (tertiary/aromatic N) is 1. The van der Waals surface area contributed by atoms with Crippen molar-refractivity contribution >= 4 is 28.3 Å². The van der Waals surface area contributed by atoms with Crippen LogP contribution in [0.5, 0.6) is 5.75 Å². The maximum Gasteiger partial charge on any atom is 0.266 e. The molecule has 0 fully saturated rings. The first-order chi connectivity index (χ1) is 13.9. The summed E-state index contributed by atoms with van der Waals surface area (Å²) >= 11 is 5.99. The second kappa shape index (κ2) is 7.29. The molecule has 148 valence electrons. The first kappa shape index (κ1) is 19.1. The van der Waals surface area contributed by atoms with E-state index in [1.807, 2.05) is 25.1 Å². The van der Waals surface area contributed by atoms with Crippen LogP contribution in [0.15, 0.2) is 53.3 Å². The number of fused-ring (bicyclic) bond motifs is 1. The molecule has 29 heavy (non-hydrogen) atoms. The van der Waals surface area contributed by atoms with Crippen LogP contribution in [0.4, 0.5) is 0 Å². The van der Waals surface area contributed by atoms with Crippen LogP contribution in [0, 0.1) is 6.92 Å². The molecule has 7 heteroatoms. The number of H-pyrrole nitrogens is 2. The molecule has 0 aliphatic heterocycles. The number of ketones is 1. The number of halogens is 1. The lowest BCUT2D eigenvalue weighted by atomic mass is 9.86. The number of aromatic nitrogens is 3. The van der Waals surface area contributed by atoms with E-state index < -0.39 is 5.92 Å². The summed E-state index contributed by atoms with van der Waals surface area (Å²) in [6.07, 6.45) is 0. The lowest BCUT2D eigenvalue weighted by molar-refractivity contribution is 0.0972. The van der Waals surface area contributed by atoms with Gasteiger partial charge in [0.2, 0.25) is 0 Å². The normalized spacial score (nSPS) is 12.3. The van der Waals surface area contributed by atoms with Crippen molar-refractivity contribution in [2.24, 2.45) is 7.05 Å². The van der Waals surface area contributed by atoms with Crippen molar-refractivity contribution in [1.82, 2.24) is 14.8 Å². The molecule has 0 radical (unpaired) electrons. The first-order valence-corrected chi connectivity index (χ1v) is 9.48. The molecular weight excluding hydrogens is 390 g/mol. The number of carbonyl (C=O) groups is 1. The predicted molar refractivity (Wildman–Crippen MR) is 113 cm³/mol. The Morgan fingerprint density at radius 3 is 2.48 bits per heavy atom. The Kier molecular flexibility index (Phi) is 4.80. The minimum absolute atomic E-state index is 0.129. The Morgan fingerprint density at radius 1 is 1.14 bits per heavy atom. The summed E-state index contributed by atoms with van der Waals surface area (Å²) in [7, 11) is 3.23. The number of hydrogen-bond acceptors (Lipinski definition) is 3. The lowest BCUT2D eigenvalue weighted by Crippen LogP contribution is -2.16. The van der Waals surface area contributed by atoms with Crippen LogP contribution < -0.4 is 10.3 Å². The zero-order chi connectivity index (χ0) is 20.7. The molecule has 0 saturated carbocycles. The quantitative estimate of drug-likeness (QED) is 0.485. The molecule has 4 aromatic rings. The number of ether oxygens (including phenoxy) is 1. The second-order valence-electron chi connectivity index (χ2n) is 6.99. The van der Waals surface area contributed by atoms with Gasteiger partial charge in [0.25, 0.3) is 5.56 Å². The molecule has 0 aliphatic carbocycles. The van der Waals surface area contributed by atoms with Gasteiger partial charge in [0.15, 0.2) is 5.78 Å². The lowest BCUT2D eigenvalue weighted by Gasteiger charge is -2.16. The van der Waals surface area contributed by atoms with Crippen LogP contribution in [-0.4, -0.2) is 27.7 Å². The molecule has 2 heterocycles. The standard InChI is InChI=1S/C22H20ClN3O3/c1-12-20(16-10-15(29-3)8-9-17(16)24-12)21(18-11-19(27)26(2)25-18)22(28)13-4-6-14(23)7-5-13/h4-11,21,24-25H,1-3H3. The van der Waals surface area contributed by atoms with Gasteiger partial charge in [-0.05, 0) is 55.0 Å². The monoisotopic (exact) mass is 409 g/mol. The van der Waals surface area contributed by atoms with Gasteiger partial charge in [0, 0.05) is 40.3 Å². The Balaban J connectivity index is 1.97. The number of carbonyl (C=O) groups excluding carboxylic acids is 1. The summed E-state index contributed by atoms with van der Waals surface area (Å²) in [5.41, 5.74) is 3.39. The van der Waals surface area contributed by atoms with E-state index in [2.05, 4.69) is 10.1 Å². The van der Waals surface area contributed by atoms with Crippen molar-refractivity contribution in [2.45, 2.75) is 12.8 Å². The number of aryl methyl sites for hydroxylation is 2. The van der Waals surface area contributed by atoms with Crippen molar-refractivity contribution in [1.29, 1.82) is 0 Å². The molecular formula is C22H20ClN3O3. The number of aromatic amines is 2. The van der Waals surface area contributed by atoms with Crippen LogP contribution in [-0.2, 0) is 7.05 Å². The minimum atomic E-state index is -0.689. The van der Waals surface area contributed by atoms with Gasteiger partial charge in [-0.2, -0.15) is 0 Å². The third-order valence-electron chi connectivity index (χ3n) is 5.14. The predicted octanol–water partition coefficient (Wildman–Crippen LogP) is 4.18. The van der Waals surface area contributed by atoms with Gasteiger partial charge in [-0.1, -0.05) is 11.6 Å². The van der Waals surface area contributed by atoms with Gasteiger partial charge < -0.3 is 9.72 Å². The molecule has 0 bridgehead atoms. The molecule has 0 spiro atoms.